The zero-order valence-electron chi connectivity index (χ0n) is 15.3. The van der Waals surface area contributed by atoms with Crippen molar-refractivity contribution in [2.75, 3.05) is 11.4 Å². The maximum Gasteiger partial charge on any atom is 0.238 e. The van der Waals surface area contributed by atoms with Gasteiger partial charge in [0.25, 0.3) is 0 Å². The highest BCUT2D eigenvalue weighted by atomic mass is 16.2. The summed E-state index contributed by atoms with van der Waals surface area (Å²) in [6.45, 7) is 2.68. The molecule has 1 fully saturated rings. The molecule has 136 valence electrons. The fourth-order valence-electron chi connectivity index (χ4n) is 3.77. The third-order valence-electron chi connectivity index (χ3n) is 5.51. The molecule has 0 radical (unpaired) electrons. The number of benzene rings is 2. The minimum absolute atomic E-state index is 0.0109. The molecule has 3 aromatic rings. The van der Waals surface area contributed by atoms with E-state index < -0.39 is 5.41 Å². The lowest BCUT2D eigenvalue weighted by Crippen LogP contribution is -2.37. The van der Waals surface area contributed by atoms with Crippen molar-refractivity contribution in [3.63, 3.8) is 0 Å². The van der Waals surface area contributed by atoms with E-state index in [1.807, 2.05) is 47.5 Å². The van der Waals surface area contributed by atoms with Crippen molar-refractivity contribution in [2.24, 2.45) is 5.41 Å². The molecule has 5 nitrogen and oxygen atoms in total. The fourth-order valence-corrected chi connectivity index (χ4v) is 3.77. The van der Waals surface area contributed by atoms with E-state index in [1.165, 1.54) is 6.21 Å². The highest BCUT2D eigenvalue weighted by Crippen LogP contribution is 2.37. The Morgan fingerprint density at radius 2 is 1.96 bits per heavy atom. The molecule has 27 heavy (non-hydrogen) atoms. The van der Waals surface area contributed by atoms with Crippen LogP contribution in [0.25, 0.3) is 11.1 Å². The van der Waals surface area contributed by atoms with Gasteiger partial charge in [-0.15, -0.1) is 0 Å². The van der Waals surface area contributed by atoms with Gasteiger partial charge in [0.1, 0.15) is 0 Å². The average Bonchev–Trinajstić information content (AvgIpc) is 3.33. The summed E-state index contributed by atoms with van der Waals surface area (Å²) in [6.07, 6.45) is 6.21. The molecule has 2 aromatic carbocycles. The number of aryl methyl sites for hydroxylation is 1. The van der Waals surface area contributed by atoms with Crippen LogP contribution in [0.15, 0.2) is 60.9 Å². The second-order valence-corrected chi connectivity index (χ2v) is 7.14. The van der Waals surface area contributed by atoms with Gasteiger partial charge in [0.05, 0.1) is 11.6 Å². The van der Waals surface area contributed by atoms with Crippen molar-refractivity contribution in [1.29, 1.82) is 5.41 Å². The predicted octanol–water partition coefficient (Wildman–Crippen LogP) is 4.00. The fraction of sp³-hybridized carbons (Fsp3) is 0.227. The van der Waals surface area contributed by atoms with Gasteiger partial charge in [-0.25, -0.2) is 0 Å². The van der Waals surface area contributed by atoms with Crippen LogP contribution < -0.4 is 4.90 Å². The largest absolute Gasteiger partial charge is 0.312 e. The molecule has 1 unspecified atom stereocenters. The van der Waals surface area contributed by atoms with E-state index in [-0.39, 0.29) is 5.91 Å². The summed E-state index contributed by atoms with van der Waals surface area (Å²) in [5.41, 5.74) is 4.48. The number of amides is 1. The Bertz CT molecular complexity index is 962. The zero-order valence-corrected chi connectivity index (χ0v) is 15.3. The average molecular weight is 358 g/mol. The number of carbonyl (C=O) groups is 1. The van der Waals surface area contributed by atoms with Gasteiger partial charge in [-0.3, -0.25) is 9.89 Å². The summed E-state index contributed by atoms with van der Waals surface area (Å²) >= 11 is 0. The van der Waals surface area contributed by atoms with Gasteiger partial charge in [-0.05, 0) is 48.6 Å². The second-order valence-electron chi connectivity index (χ2n) is 7.14. The zero-order chi connectivity index (χ0) is 18.9. The molecule has 1 saturated heterocycles. The highest BCUT2D eigenvalue weighted by Gasteiger charge is 2.45. The van der Waals surface area contributed by atoms with Crippen LogP contribution in [-0.2, 0) is 11.2 Å². The molecule has 0 aliphatic carbocycles. The molecule has 0 spiro atoms. The first-order valence-corrected chi connectivity index (χ1v) is 9.10. The summed E-state index contributed by atoms with van der Waals surface area (Å²) in [7, 11) is 0. The molecule has 1 aromatic heterocycles. The lowest BCUT2D eigenvalue weighted by molar-refractivity contribution is -0.122. The predicted molar refractivity (Wildman–Crippen MR) is 107 cm³/mol. The van der Waals surface area contributed by atoms with E-state index in [1.54, 1.807) is 6.20 Å². The number of nitrogens with one attached hydrogen (secondary N) is 2. The number of aromatic amines is 1. The minimum Gasteiger partial charge on any atom is -0.312 e. The van der Waals surface area contributed by atoms with E-state index >= 15 is 0 Å². The number of nitrogens with zero attached hydrogens (tertiary/aromatic N) is 2. The van der Waals surface area contributed by atoms with E-state index in [0.29, 0.717) is 19.4 Å². The van der Waals surface area contributed by atoms with Gasteiger partial charge in [0.15, 0.2) is 0 Å². The van der Waals surface area contributed by atoms with Crippen LogP contribution >= 0.6 is 0 Å². The summed E-state index contributed by atoms with van der Waals surface area (Å²) < 4.78 is 0. The SMILES string of the molecule is Cc1ccccc1CC1(C=N)CCN(c2ccc(-c3cn[nH]c3)cc2)C1=O. The molecule has 0 bridgehead atoms. The summed E-state index contributed by atoms with van der Waals surface area (Å²) in [5, 5.41) is 14.8. The highest BCUT2D eigenvalue weighted by molar-refractivity contribution is 6.09. The summed E-state index contributed by atoms with van der Waals surface area (Å²) in [5.74, 6) is 0.0109. The Labute approximate surface area is 158 Å². The smallest absolute Gasteiger partial charge is 0.238 e. The maximum atomic E-state index is 13.2. The number of carbonyl (C=O) groups excluding carboxylic acids is 1. The van der Waals surface area contributed by atoms with E-state index in [4.69, 9.17) is 5.41 Å². The van der Waals surface area contributed by atoms with E-state index in [9.17, 15) is 4.79 Å². The topological polar surface area (TPSA) is 72.8 Å². The number of hydrogen-bond acceptors (Lipinski definition) is 3. The van der Waals surface area contributed by atoms with E-state index in [0.717, 1.165) is 27.9 Å². The Balaban J connectivity index is 1.58. The molecule has 2 heterocycles. The molecule has 2 N–H and O–H groups in total. The van der Waals surface area contributed by atoms with Crippen molar-refractivity contribution in [2.45, 2.75) is 19.8 Å². The van der Waals surface area contributed by atoms with Gasteiger partial charge in [0.2, 0.25) is 5.91 Å². The number of aromatic nitrogens is 2. The molecular weight excluding hydrogens is 336 g/mol. The van der Waals surface area contributed by atoms with Crippen LogP contribution in [-0.4, -0.2) is 28.9 Å². The van der Waals surface area contributed by atoms with Gasteiger partial charge >= 0.3 is 0 Å². The standard InChI is InChI=1S/C22H22N4O/c1-16-4-2-3-5-18(16)12-22(15-23)10-11-26(21(22)27)20-8-6-17(7-9-20)19-13-24-25-14-19/h2-9,13-15,23H,10-12H2,1H3,(H,24,25). The molecule has 1 aliphatic heterocycles. The van der Waals surface area contributed by atoms with Crippen molar-refractivity contribution in [1.82, 2.24) is 10.2 Å². The molecule has 1 amide bonds. The molecular formula is C22H22N4O. The Hall–Kier alpha value is -3.21. The first-order valence-electron chi connectivity index (χ1n) is 9.10. The van der Waals surface area contributed by atoms with Crippen molar-refractivity contribution in [3.8, 4) is 11.1 Å². The molecule has 0 saturated carbocycles. The van der Waals surface area contributed by atoms with Gasteiger partial charge in [0, 0.05) is 30.2 Å². The number of anilines is 1. The van der Waals surface area contributed by atoms with Crippen LogP contribution in [0.5, 0.6) is 0 Å². The molecule has 1 atom stereocenters. The number of H-pyrrole nitrogens is 1. The normalized spacial score (nSPS) is 19.4. The van der Waals surface area contributed by atoms with Crippen molar-refractivity contribution in [3.05, 3.63) is 72.1 Å². The first-order chi connectivity index (χ1) is 13.1. The first kappa shape index (κ1) is 17.2. The minimum atomic E-state index is -0.755. The third kappa shape index (κ3) is 3.05. The Morgan fingerprint density at radius 3 is 2.63 bits per heavy atom. The quantitative estimate of drug-likeness (QED) is 0.677. The molecule has 1 aliphatic rings. The van der Waals surface area contributed by atoms with Crippen LogP contribution in [0.2, 0.25) is 0 Å². The number of rotatable bonds is 5. The van der Waals surface area contributed by atoms with Crippen LogP contribution in [0, 0.1) is 17.7 Å². The molecule has 4 rings (SSSR count). The van der Waals surface area contributed by atoms with Gasteiger partial charge in [-0.2, -0.15) is 5.10 Å². The monoisotopic (exact) mass is 358 g/mol. The number of hydrogen-bond donors (Lipinski definition) is 2. The summed E-state index contributed by atoms with van der Waals surface area (Å²) in [6, 6.07) is 16.0. The van der Waals surface area contributed by atoms with Crippen molar-refractivity contribution >= 4 is 17.8 Å². The van der Waals surface area contributed by atoms with E-state index in [2.05, 4.69) is 29.3 Å². The Morgan fingerprint density at radius 1 is 1.19 bits per heavy atom. The second kappa shape index (κ2) is 6.83. The van der Waals surface area contributed by atoms with Crippen LogP contribution in [0.3, 0.4) is 0 Å². The lowest BCUT2D eigenvalue weighted by Gasteiger charge is -2.24. The third-order valence-corrected chi connectivity index (χ3v) is 5.51. The molecule has 5 heteroatoms. The van der Waals surface area contributed by atoms with Crippen LogP contribution in [0.1, 0.15) is 17.5 Å². The van der Waals surface area contributed by atoms with Gasteiger partial charge in [-0.1, -0.05) is 36.4 Å². The van der Waals surface area contributed by atoms with Gasteiger partial charge < -0.3 is 10.3 Å². The Kier molecular flexibility index (Phi) is 4.36. The van der Waals surface area contributed by atoms with Crippen molar-refractivity contribution < 1.29 is 4.79 Å². The maximum absolute atomic E-state index is 13.2. The summed E-state index contributed by atoms with van der Waals surface area (Å²) in [4.78, 5) is 15.1. The van der Waals surface area contributed by atoms with Crippen LogP contribution in [0.4, 0.5) is 5.69 Å². The lowest BCUT2D eigenvalue weighted by atomic mass is 9.80.